The van der Waals surface area contributed by atoms with E-state index in [2.05, 4.69) is 56.9 Å². The van der Waals surface area contributed by atoms with E-state index in [0.717, 1.165) is 13.0 Å². The summed E-state index contributed by atoms with van der Waals surface area (Å²) in [5, 5.41) is 3.49. The van der Waals surface area contributed by atoms with Gasteiger partial charge in [0.15, 0.2) is 0 Å². The van der Waals surface area contributed by atoms with Crippen LogP contribution in [-0.4, -0.2) is 6.54 Å². The Kier molecular flexibility index (Phi) is 4.57. The molecule has 0 bridgehead atoms. The van der Waals surface area contributed by atoms with Crippen LogP contribution in [0.2, 0.25) is 0 Å². The molecule has 0 aliphatic carbocycles. The first-order chi connectivity index (χ1) is 7.09. The van der Waals surface area contributed by atoms with Crippen molar-refractivity contribution in [3.05, 3.63) is 47.5 Å². The standard InChI is InChI=1S/C14H21N/c1-11(2)9-10-15-13(4)14-7-5-12(3)6-8-14/h5-8,13,15H,1,9-10H2,2-4H3/t13-/m0/s1. The van der Waals surface area contributed by atoms with Crippen LogP contribution < -0.4 is 5.32 Å². The van der Waals surface area contributed by atoms with E-state index < -0.39 is 0 Å². The van der Waals surface area contributed by atoms with Crippen molar-refractivity contribution in [2.45, 2.75) is 33.2 Å². The summed E-state index contributed by atoms with van der Waals surface area (Å²) in [5.41, 5.74) is 3.90. The number of rotatable bonds is 5. The Balaban J connectivity index is 2.43. The maximum atomic E-state index is 3.90. The number of aryl methyl sites for hydroxylation is 1. The van der Waals surface area contributed by atoms with Gasteiger partial charge in [-0.2, -0.15) is 0 Å². The Morgan fingerprint density at radius 1 is 1.33 bits per heavy atom. The van der Waals surface area contributed by atoms with Gasteiger partial charge in [0, 0.05) is 6.04 Å². The molecule has 0 radical (unpaired) electrons. The van der Waals surface area contributed by atoms with Crippen LogP contribution >= 0.6 is 0 Å². The average Bonchev–Trinajstić information content (AvgIpc) is 2.18. The summed E-state index contributed by atoms with van der Waals surface area (Å²) in [6.07, 6.45) is 1.05. The number of nitrogens with one attached hydrogen (secondary N) is 1. The van der Waals surface area contributed by atoms with E-state index in [0.29, 0.717) is 6.04 Å². The van der Waals surface area contributed by atoms with Crippen molar-refractivity contribution in [1.29, 1.82) is 0 Å². The summed E-state index contributed by atoms with van der Waals surface area (Å²) >= 11 is 0. The fraction of sp³-hybridized carbons (Fsp3) is 0.429. The largest absolute Gasteiger partial charge is 0.310 e. The Bertz CT molecular complexity index is 311. The van der Waals surface area contributed by atoms with Crippen LogP contribution in [0.15, 0.2) is 36.4 Å². The van der Waals surface area contributed by atoms with Gasteiger partial charge < -0.3 is 5.32 Å². The van der Waals surface area contributed by atoms with Crippen LogP contribution in [0.25, 0.3) is 0 Å². The predicted molar refractivity (Wildman–Crippen MR) is 67.0 cm³/mol. The van der Waals surface area contributed by atoms with Crippen LogP contribution in [0.3, 0.4) is 0 Å². The average molecular weight is 203 g/mol. The second-order valence-corrected chi connectivity index (χ2v) is 4.29. The zero-order valence-electron chi connectivity index (χ0n) is 10.0. The van der Waals surface area contributed by atoms with Gasteiger partial charge in [-0.05, 0) is 39.3 Å². The molecular formula is C14H21N. The molecule has 1 N–H and O–H groups in total. The lowest BCUT2D eigenvalue weighted by Gasteiger charge is -2.14. The molecule has 0 saturated carbocycles. The molecule has 0 aliphatic heterocycles. The van der Waals surface area contributed by atoms with Crippen molar-refractivity contribution in [1.82, 2.24) is 5.32 Å². The number of hydrogen-bond acceptors (Lipinski definition) is 1. The Morgan fingerprint density at radius 3 is 2.47 bits per heavy atom. The lowest BCUT2D eigenvalue weighted by molar-refractivity contribution is 0.576. The van der Waals surface area contributed by atoms with Gasteiger partial charge in [0.1, 0.15) is 0 Å². The summed E-state index contributed by atoms with van der Waals surface area (Å²) in [5.74, 6) is 0. The van der Waals surface area contributed by atoms with Gasteiger partial charge in [0.05, 0.1) is 0 Å². The second-order valence-electron chi connectivity index (χ2n) is 4.29. The summed E-state index contributed by atoms with van der Waals surface area (Å²) < 4.78 is 0. The molecule has 1 atom stereocenters. The quantitative estimate of drug-likeness (QED) is 0.721. The van der Waals surface area contributed by atoms with Crippen LogP contribution in [0.1, 0.15) is 37.4 Å². The van der Waals surface area contributed by atoms with Gasteiger partial charge in [0.25, 0.3) is 0 Å². The molecule has 82 valence electrons. The molecule has 1 aromatic carbocycles. The first kappa shape index (κ1) is 12.0. The third kappa shape index (κ3) is 4.30. The Hall–Kier alpha value is -1.08. The van der Waals surface area contributed by atoms with Crippen molar-refractivity contribution in [3.63, 3.8) is 0 Å². The Morgan fingerprint density at radius 2 is 1.93 bits per heavy atom. The second kappa shape index (κ2) is 5.72. The summed E-state index contributed by atoms with van der Waals surface area (Å²) in [4.78, 5) is 0. The molecular weight excluding hydrogens is 182 g/mol. The lowest BCUT2D eigenvalue weighted by Crippen LogP contribution is -2.19. The van der Waals surface area contributed by atoms with E-state index in [-0.39, 0.29) is 0 Å². The van der Waals surface area contributed by atoms with Crippen molar-refractivity contribution in [2.75, 3.05) is 6.54 Å². The highest BCUT2D eigenvalue weighted by Crippen LogP contribution is 2.12. The number of hydrogen-bond donors (Lipinski definition) is 1. The molecule has 0 unspecified atom stereocenters. The molecule has 0 amide bonds. The molecule has 0 aliphatic rings. The number of benzene rings is 1. The van der Waals surface area contributed by atoms with Gasteiger partial charge in [-0.3, -0.25) is 0 Å². The molecule has 0 heterocycles. The molecule has 0 aromatic heterocycles. The van der Waals surface area contributed by atoms with Crippen molar-refractivity contribution in [2.24, 2.45) is 0 Å². The van der Waals surface area contributed by atoms with Crippen LogP contribution in [0.4, 0.5) is 0 Å². The summed E-state index contributed by atoms with van der Waals surface area (Å²) in [6.45, 7) is 11.3. The van der Waals surface area contributed by atoms with E-state index in [1.807, 2.05) is 0 Å². The summed E-state index contributed by atoms with van der Waals surface area (Å²) in [7, 11) is 0. The maximum absolute atomic E-state index is 3.90. The normalized spacial score (nSPS) is 12.5. The van der Waals surface area contributed by atoms with Gasteiger partial charge in [0.2, 0.25) is 0 Å². The molecule has 1 aromatic rings. The monoisotopic (exact) mass is 203 g/mol. The molecule has 0 fully saturated rings. The molecule has 1 heteroatoms. The SMILES string of the molecule is C=C(C)CCN[C@@H](C)c1ccc(C)cc1. The van der Waals surface area contributed by atoms with Gasteiger partial charge in [-0.15, -0.1) is 6.58 Å². The van der Waals surface area contributed by atoms with Gasteiger partial charge in [-0.1, -0.05) is 35.4 Å². The smallest absolute Gasteiger partial charge is 0.0291 e. The topological polar surface area (TPSA) is 12.0 Å². The molecule has 1 nitrogen and oxygen atoms in total. The molecule has 0 spiro atoms. The first-order valence-corrected chi connectivity index (χ1v) is 5.54. The van der Waals surface area contributed by atoms with E-state index in [9.17, 15) is 0 Å². The van der Waals surface area contributed by atoms with E-state index in [4.69, 9.17) is 0 Å². The highest BCUT2D eigenvalue weighted by atomic mass is 14.9. The van der Waals surface area contributed by atoms with Crippen molar-refractivity contribution < 1.29 is 0 Å². The molecule has 1 rings (SSSR count). The highest BCUT2D eigenvalue weighted by molar-refractivity contribution is 5.23. The molecule has 15 heavy (non-hydrogen) atoms. The summed E-state index contributed by atoms with van der Waals surface area (Å²) in [6, 6.07) is 9.12. The zero-order chi connectivity index (χ0) is 11.3. The minimum atomic E-state index is 0.421. The Labute approximate surface area is 93.2 Å². The van der Waals surface area contributed by atoms with E-state index in [1.165, 1.54) is 16.7 Å². The van der Waals surface area contributed by atoms with Crippen molar-refractivity contribution in [3.8, 4) is 0 Å². The predicted octanol–water partition coefficient (Wildman–Crippen LogP) is 3.61. The van der Waals surface area contributed by atoms with Crippen molar-refractivity contribution >= 4 is 0 Å². The van der Waals surface area contributed by atoms with Crippen LogP contribution in [-0.2, 0) is 0 Å². The minimum Gasteiger partial charge on any atom is -0.310 e. The van der Waals surface area contributed by atoms with Gasteiger partial charge in [-0.25, -0.2) is 0 Å². The molecule has 0 saturated heterocycles. The first-order valence-electron chi connectivity index (χ1n) is 5.54. The fourth-order valence-corrected chi connectivity index (χ4v) is 1.48. The van der Waals surface area contributed by atoms with E-state index in [1.54, 1.807) is 0 Å². The fourth-order valence-electron chi connectivity index (χ4n) is 1.48. The zero-order valence-corrected chi connectivity index (χ0v) is 10.0. The third-order valence-corrected chi connectivity index (χ3v) is 2.58. The minimum absolute atomic E-state index is 0.421. The lowest BCUT2D eigenvalue weighted by atomic mass is 10.1. The third-order valence-electron chi connectivity index (χ3n) is 2.58. The van der Waals surface area contributed by atoms with Gasteiger partial charge >= 0.3 is 0 Å². The maximum Gasteiger partial charge on any atom is 0.0291 e. The highest BCUT2D eigenvalue weighted by Gasteiger charge is 2.02. The van der Waals surface area contributed by atoms with E-state index >= 15 is 0 Å². The van der Waals surface area contributed by atoms with Crippen LogP contribution in [0.5, 0.6) is 0 Å². The van der Waals surface area contributed by atoms with Crippen LogP contribution in [0, 0.1) is 6.92 Å².